The van der Waals surface area contributed by atoms with E-state index in [0.29, 0.717) is 30.6 Å². The summed E-state index contributed by atoms with van der Waals surface area (Å²) in [6.07, 6.45) is 0. The highest BCUT2D eigenvalue weighted by atomic mass is 16.5. The van der Waals surface area contributed by atoms with Gasteiger partial charge in [-0.3, -0.25) is 0 Å². The topological polar surface area (TPSA) is 80.4 Å². The van der Waals surface area contributed by atoms with Crippen molar-refractivity contribution >= 4 is 0 Å². The van der Waals surface area contributed by atoms with Gasteiger partial charge in [-0.05, 0) is 6.07 Å². The summed E-state index contributed by atoms with van der Waals surface area (Å²) in [6.45, 7) is 2.72. The molecule has 1 aromatic heterocycles. The maximum Gasteiger partial charge on any atom is 0.223 e. The lowest BCUT2D eigenvalue weighted by Gasteiger charge is -2.08. The summed E-state index contributed by atoms with van der Waals surface area (Å²) >= 11 is 0. The van der Waals surface area contributed by atoms with E-state index >= 15 is 0 Å². The third kappa shape index (κ3) is 2.78. The van der Waals surface area contributed by atoms with Gasteiger partial charge in [-0.2, -0.15) is 4.98 Å². The number of phenolic OH excluding ortho intramolecular Hbond substituents is 1. The maximum atomic E-state index is 9.88. The smallest absolute Gasteiger partial charge is 0.223 e. The van der Waals surface area contributed by atoms with Gasteiger partial charge in [-0.25, -0.2) is 0 Å². The minimum absolute atomic E-state index is 0.150. The van der Waals surface area contributed by atoms with Crippen LogP contribution in [0.4, 0.5) is 0 Å². The van der Waals surface area contributed by atoms with Crippen molar-refractivity contribution in [2.24, 2.45) is 0 Å². The van der Waals surface area contributed by atoms with Crippen molar-refractivity contribution in [1.82, 2.24) is 15.5 Å². The Morgan fingerprint density at radius 1 is 1.39 bits per heavy atom. The Bertz CT molecular complexity index is 525. The molecule has 18 heavy (non-hydrogen) atoms. The van der Waals surface area contributed by atoms with Crippen molar-refractivity contribution in [3.8, 4) is 11.5 Å². The summed E-state index contributed by atoms with van der Waals surface area (Å²) in [5.41, 5.74) is 0.759. The molecule has 2 N–H and O–H groups in total. The van der Waals surface area contributed by atoms with Gasteiger partial charge >= 0.3 is 0 Å². The van der Waals surface area contributed by atoms with Crippen LogP contribution in [0.5, 0.6) is 11.5 Å². The quantitative estimate of drug-likeness (QED) is 0.833. The van der Waals surface area contributed by atoms with Crippen LogP contribution in [-0.2, 0) is 13.1 Å². The fraction of sp³-hybridized carbons (Fsp3) is 0.333. The lowest BCUT2D eigenvalue weighted by atomic mass is 10.2. The molecule has 0 amide bonds. The first-order valence-electron chi connectivity index (χ1n) is 5.55. The van der Waals surface area contributed by atoms with E-state index in [9.17, 15) is 5.11 Å². The number of ether oxygens (including phenoxy) is 1. The molecule has 0 unspecified atom stereocenters. The van der Waals surface area contributed by atoms with Crippen LogP contribution in [-0.4, -0.2) is 22.4 Å². The lowest BCUT2D eigenvalue weighted by Crippen LogP contribution is -2.13. The van der Waals surface area contributed by atoms with Gasteiger partial charge in [0.05, 0.1) is 13.7 Å². The predicted molar refractivity (Wildman–Crippen MR) is 64.2 cm³/mol. The third-order valence-corrected chi connectivity index (χ3v) is 2.47. The summed E-state index contributed by atoms with van der Waals surface area (Å²) in [6, 6.07) is 5.36. The van der Waals surface area contributed by atoms with Gasteiger partial charge in [0.25, 0.3) is 0 Å². The van der Waals surface area contributed by atoms with Crippen LogP contribution in [0.3, 0.4) is 0 Å². The zero-order chi connectivity index (χ0) is 13.0. The summed E-state index contributed by atoms with van der Waals surface area (Å²) in [5.74, 6) is 1.74. The number of benzene rings is 1. The van der Waals surface area contributed by atoms with Gasteiger partial charge in [0.1, 0.15) is 0 Å². The second kappa shape index (κ2) is 5.50. The molecule has 0 bridgehead atoms. The number of hydrogen-bond donors (Lipinski definition) is 2. The van der Waals surface area contributed by atoms with Crippen LogP contribution < -0.4 is 10.1 Å². The second-order valence-corrected chi connectivity index (χ2v) is 3.80. The number of nitrogens with one attached hydrogen (secondary N) is 1. The van der Waals surface area contributed by atoms with Crippen LogP contribution in [0.1, 0.15) is 17.3 Å². The van der Waals surface area contributed by atoms with E-state index in [0.717, 1.165) is 5.56 Å². The molecule has 2 rings (SSSR count). The number of phenols is 1. The standard InChI is InChI=1S/C12H15N3O3/c1-8-14-11(15-18-8)7-13-6-9-4-3-5-10(17-2)12(9)16/h3-5,13,16H,6-7H2,1-2H3. The van der Waals surface area contributed by atoms with Gasteiger partial charge in [-0.15, -0.1) is 0 Å². The number of aromatic hydroxyl groups is 1. The molecular weight excluding hydrogens is 234 g/mol. The molecule has 0 aliphatic rings. The van der Waals surface area contributed by atoms with E-state index in [1.54, 1.807) is 13.0 Å². The highest BCUT2D eigenvalue weighted by Gasteiger charge is 2.07. The first-order valence-corrected chi connectivity index (χ1v) is 5.55. The first-order chi connectivity index (χ1) is 8.70. The monoisotopic (exact) mass is 249 g/mol. The number of methoxy groups -OCH3 is 1. The molecule has 6 heteroatoms. The van der Waals surface area contributed by atoms with E-state index in [1.807, 2.05) is 12.1 Å². The summed E-state index contributed by atoms with van der Waals surface area (Å²) in [5, 5.41) is 16.8. The third-order valence-electron chi connectivity index (χ3n) is 2.47. The zero-order valence-corrected chi connectivity index (χ0v) is 10.3. The van der Waals surface area contributed by atoms with Gasteiger partial charge < -0.3 is 19.7 Å². The lowest BCUT2D eigenvalue weighted by molar-refractivity contribution is 0.369. The predicted octanol–water partition coefficient (Wildman–Crippen LogP) is 1.38. The summed E-state index contributed by atoms with van der Waals surface area (Å²) in [4.78, 5) is 4.07. The first kappa shape index (κ1) is 12.4. The van der Waals surface area contributed by atoms with Crippen LogP contribution in [0.15, 0.2) is 22.7 Å². The van der Waals surface area contributed by atoms with E-state index < -0.39 is 0 Å². The Morgan fingerprint density at radius 2 is 2.22 bits per heavy atom. The molecule has 0 atom stereocenters. The van der Waals surface area contributed by atoms with Crippen molar-refractivity contribution in [1.29, 1.82) is 0 Å². The SMILES string of the molecule is COc1cccc(CNCc2noc(C)n2)c1O. The zero-order valence-electron chi connectivity index (χ0n) is 10.3. The Hall–Kier alpha value is -2.08. The molecule has 0 aliphatic heterocycles. The molecule has 96 valence electrons. The van der Waals surface area contributed by atoms with E-state index in [4.69, 9.17) is 9.26 Å². The van der Waals surface area contributed by atoms with E-state index in [2.05, 4.69) is 15.5 Å². The van der Waals surface area contributed by atoms with Gasteiger partial charge in [-0.1, -0.05) is 17.3 Å². The Balaban J connectivity index is 1.94. The average Bonchev–Trinajstić information content (AvgIpc) is 2.77. The molecule has 0 saturated carbocycles. The summed E-state index contributed by atoms with van der Waals surface area (Å²) < 4.78 is 9.89. The number of aryl methyl sites for hydroxylation is 1. The average molecular weight is 249 g/mol. The van der Waals surface area contributed by atoms with Gasteiger partial charge in [0.2, 0.25) is 5.89 Å². The number of hydrogen-bond acceptors (Lipinski definition) is 6. The molecule has 0 aliphatic carbocycles. The number of para-hydroxylation sites is 1. The van der Waals surface area contributed by atoms with Crippen LogP contribution in [0.25, 0.3) is 0 Å². The molecule has 6 nitrogen and oxygen atoms in total. The van der Waals surface area contributed by atoms with Crippen LogP contribution >= 0.6 is 0 Å². The largest absolute Gasteiger partial charge is 0.504 e. The molecule has 0 fully saturated rings. The number of rotatable bonds is 5. The Morgan fingerprint density at radius 3 is 2.89 bits per heavy atom. The molecule has 1 heterocycles. The minimum Gasteiger partial charge on any atom is -0.504 e. The van der Waals surface area contributed by atoms with Crippen molar-refractivity contribution < 1.29 is 14.4 Å². The van der Waals surface area contributed by atoms with Crippen molar-refractivity contribution in [2.45, 2.75) is 20.0 Å². The highest BCUT2D eigenvalue weighted by molar-refractivity contribution is 5.45. The fourth-order valence-corrected chi connectivity index (χ4v) is 1.60. The molecule has 1 aromatic carbocycles. The van der Waals surface area contributed by atoms with Gasteiger partial charge in [0.15, 0.2) is 17.3 Å². The van der Waals surface area contributed by atoms with Crippen LogP contribution in [0, 0.1) is 6.92 Å². The highest BCUT2D eigenvalue weighted by Crippen LogP contribution is 2.29. The second-order valence-electron chi connectivity index (χ2n) is 3.80. The Labute approximate surface area is 105 Å². The molecule has 0 saturated heterocycles. The van der Waals surface area contributed by atoms with E-state index in [1.165, 1.54) is 7.11 Å². The minimum atomic E-state index is 0.150. The Kier molecular flexibility index (Phi) is 3.78. The number of aromatic nitrogens is 2. The van der Waals surface area contributed by atoms with Gasteiger partial charge in [0, 0.05) is 19.0 Å². The van der Waals surface area contributed by atoms with Crippen molar-refractivity contribution in [3.63, 3.8) is 0 Å². The van der Waals surface area contributed by atoms with E-state index in [-0.39, 0.29) is 5.75 Å². The number of nitrogens with zero attached hydrogens (tertiary/aromatic N) is 2. The van der Waals surface area contributed by atoms with Crippen molar-refractivity contribution in [3.05, 3.63) is 35.5 Å². The molecule has 0 spiro atoms. The fourth-order valence-electron chi connectivity index (χ4n) is 1.60. The molecular formula is C12H15N3O3. The summed E-state index contributed by atoms with van der Waals surface area (Å²) in [7, 11) is 1.52. The molecule has 2 aromatic rings. The van der Waals surface area contributed by atoms with Crippen molar-refractivity contribution in [2.75, 3.05) is 7.11 Å². The van der Waals surface area contributed by atoms with Crippen LogP contribution in [0.2, 0.25) is 0 Å². The maximum absolute atomic E-state index is 9.88. The normalized spacial score (nSPS) is 10.6. The molecule has 0 radical (unpaired) electrons.